The van der Waals surface area contributed by atoms with Crippen LogP contribution in [0.2, 0.25) is 0 Å². The first-order valence-electron chi connectivity index (χ1n) is 5.69. The van der Waals surface area contributed by atoms with Crippen LogP contribution < -0.4 is 10.6 Å². The van der Waals surface area contributed by atoms with Gasteiger partial charge in [0.15, 0.2) is 0 Å². The number of hydrogen-bond acceptors (Lipinski definition) is 4. The maximum atomic E-state index is 10.8. The molecule has 0 spiro atoms. The van der Waals surface area contributed by atoms with E-state index in [1.807, 2.05) is 12.1 Å². The summed E-state index contributed by atoms with van der Waals surface area (Å²) in [5.41, 5.74) is 1.13. The molecule has 1 atom stereocenters. The number of carboxylic acids is 1. The van der Waals surface area contributed by atoms with Gasteiger partial charge < -0.3 is 15.7 Å². The molecule has 6 heteroatoms. The molecule has 6 nitrogen and oxygen atoms in total. The zero-order chi connectivity index (χ0) is 13.4. The molecule has 18 heavy (non-hydrogen) atoms. The van der Waals surface area contributed by atoms with E-state index in [1.54, 1.807) is 12.4 Å². The molecule has 0 aliphatic carbocycles. The first kappa shape index (κ1) is 14.1. The first-order valence-corrected chi connectivity index (χ1v) is 5.69. The Morgan fingerprint density at radius 2 is 2.06 bits per heavy atom. The van der Waals surface area contributed by atoms with Crippen molar-refractivity contribution in [3.05, 3.63) is 30.1 Å². The van der Waals surface area contributed by atoms with E-state index < -0.39 is 12.0 Å². The highest BCUT2D eigenvalue weighted by Crippen LogP contribution is 1.95. The van der Waals surface area contributed by atoms with Gasteiger partial charge in [-0.2, -0.15) is 0 Å². The Bertz CT molecular complexity index is 395. The second-order valence-electron chi connectivity index (χ2n) is 3.90. The lowest BCUT2D eigenvalue weighted by molar-refractivity contribution is -0.141. The number of carbonyl (C=O) groups is 2. The van der Waals surface area contributed by atoms with E-state index >= 15 is 0 Å². The third kappa shape index (κ3) is 5.40. The smallest absolute Gasteiger partial charge is 0.327 e. The van der Waals surface area contributed by atoms with E-state index in [9.17, 15) is 9.59 Å². The van der Waals surface area contributed by atoms with Gasteiger partial charge in [-0.05, 0) is 30.7 Å². The highest BCUT2D eigenvalue weighted by atomic mass is 16.4. The van der Waals surface area contributed by atoms with E-state index in [0.717, 1.165) is 12.0 Å². The predicted molar refractivity (Wildman–Crippen MR) is 66.1 cm³/mol. The molecular weight excluding hydrogens is 234 g/mol. The molecule has 0 saturated heterocycles. The summed E-state index contributed by atoms with van der Waals surface area (Å²) in [6.07, 6.45) is 4.22. The van der Waals surface area contributed by atoms with Crippen LogP contribution in [-0.2, 0) is 16.0 Å². The van der Waals surface area contributed by atoms with Gasteiger partial charge >= 0.3 is 5.97 Å². The minimum absolute atomic E-state index is 0.208. The zero-order valence-corrected chi connectivity index (χ0v) is 10.2. The van der Waals surface area contributed by atoms with Gasteiger partial charge in [-0.1, -0.05) is 0 Å². The van der Waals surface area contributed by atoms with E-state index in [4.69, 9.17) is 5.11 Å². The van der Waals surface area contributed by atoms with Gasteiger partial charge in [0, 0.05) is 25.9 Å². The fourth-order valence-corrected chi connectivity index (χ4v) is 1.47. The largest absolute Gasteiger partial charge is 0.480 e. The van der Waals surface area contributed by atoms with Gasteiger partial charge in [0.1, 0.15) is 6.04 Å². The highest BCUT2D eigenvalue weighted by Gasteiger charge is 2.17. The van der Waals surface area contributed by atoms with Gasteiger partial charge in [-0.15, -0.1) is 0 Å². The monoisotopic (exact) mass is 251 g/mol. The molecule has 98 valence electrons. The van der Waals surface area contributed by atoms with Crippen molar-refractivity contribution < 1.29 is 14.7 Å². The number of amides is 1. The number of pyridine rings is 1. The van der Waals surface area contributed by atoms with Crippen molar-refractivity contribution in [2.75, 3.05) is 13.1 Å². The Morgan fingerprint density at radius 1 is 1.39 bits per heavy atom. The molecule has 1 aromatic rings. The molecular formula is C12H17N3O3. The topological polar surface area (TPSA) is 91.3 Å². The molecule has 1 amide bonds. The normalized spacial score (nSPS) is 11.8. The molecule has 0 aliphatic heterocycles. The molecule has 0 fully saturated rings. The van der Waals surface area contributed by atoms with E-state index in [2.05, 4.69) is 15.6 Å². The minimum Gasteiger partial charge on any atom is -0.480 e. The van der Waals surface area contributed by atoms with Crippen molar-refractivity contribution in [2.45, 2.75) is 19.4 Å². The molecule has 1 rings (SSSR count). The van der Waals surface area contributed by atoms with Crippen molar-refractivity contribution in [3.63, 3.8) is 0 Å². The van der Waals surface area contributed by atoms with Crippen LogP contribution in [0.25, 0.3) is 0 Å². The Hall–Kier alpha value is -1.95. The average Bonchev–Trinajstić information content (AvgIpc) is 2.33. The number of nitrogens with one attached hydrogen (secondary N) is 2. The quantitative estimate of drug-likeness (QED) is 0.584. The summed E-state index contributed by atoms with van der Waals surface area (Å²) in [5, 5.41) is 14.2. The van der Waals surface area contributed by atoms with Crippen molar-refractivity contribution in [3.8, 4) is 0 Å². The Morgan fingerprint density at radius 3 is 2.61 bits per heavy atom. The Kier molecular flexibility index (Phi) is 5.79. The Labute approximate surface area is 105 Å². The number of nitrogens with zero attached hydrogens (tertiary/aromatic N) is 1. The zero-order valence-electron chi connectivity index (χ0n) is 10.2. The summed E-state index contributed by atoms with van der Waals surface area (Å²) in [5.74, 6) is -1.39. The lowest BCUT2D eigenvalue weighted by Gasteiger charge is -2.13. The lowest BCUT2D eigenvalue weighted by atomic mass is 10.2. The van der Waals surface area contributed by atoms with Gasteiger partial charge in [-0.3, -0.25) is 9.78 Å². The number of carbonyl (C=O) groups excluding carboxylic acids is 1. The van der Waals surface area contributed by atoms with E-state index in [1.165, 1.54) is 6.92 Å². The van der Waals surface area contributed by atoms with Crippen LogP contribution in [0.5, 0.6) is 0 Å². The third-order valence-corrected chi connectivity index (χ3v) is 2.36. The average molecular weight is 251 g/mol. The molecule has 1 aromatic heterocycles. The van der Waals surface area contributed by atoms with Crippen LogP contribution in [0.1, 0.15) is 12.5 Å². The number of rotatable bonds is 7. The van der Waals surface area contributed by atoms with Crippen molar-refractivity contribution in [1.82, 2.24) is 15.6 Å². The lowest BCUT2D eigenvalue weighted by Crippen LogP contribution is -2.46. The minimum atomic E-state index is -1.04. The summed E-state index contributed by atoms with van der Waals surface area (Å²) in [6.45, 7) is 2.15. The molecule has 1 unspecified atom stereocenters. The Balaban J connectivity index is 2.27. The van der Waals surface area contributed by atoms with Crippen LogP contribution in [0.3, 0.4) is 0 Å². The summed E-state index contributed by atoms with van der Waals surface area (Å²) in [6, 6.07) is 2.92. The summed E-state index contributed by atoms with van der Waals surface area (Å²) < 4.78 is 0. The summed E-state index contributed by atoms with van der Waals surface area (Å²) in [4.78, 5) is 25.6. The van der Waals surface area contributed by atoms with Crippen LogP contribution >= 0.6 is 0 Å². The second kappa shape index (κ2) is 7.39. The molecule has 0 aromatic carbocycles. The molecule has 0 radical (unpaired) electrons. The molecule has 3 N–H and O–H groups in total. The van der Waals surface area contributed by atoms with Crippen LogP contribution in [0.15, 0.2) is 24.5 Å². The van der Waals surface area contributed by atoms with E-state index in [-0.39, 0.29) is 12.5 Å². The molecule has 0 saturated carbocycles. The maximum absolute atomic E-state index is 10.8. The number of carboxylic acid groups (broad SMARTS) is 1. The predicted octanol–water partition coefficient (Wildman–Crippen LogP) is -0.197. The fourth-order valence-electron chi connectivity index (χ4n) is 1.47. The number of hydrogen-bond donors (Lipinski definition) is 3. The fraction of sp³-hybridized carbons (Fsp3) is 0.417. The number of aliphatic carboxylic acids is 1. The molecule has 0 aliphatic rings. The number of aromatic nitrogens is 1. The highest BCUT2D eigenvalue weighted by molar-refractivity contribution is 5.82. The molecule has 0 bridgehead atoms. The van der Waals surface area contributed by atoms with E-state index in [0.29, 0.717) is 6.54 Å². The van der Waals surface area contributed by atoms with Crippen LogP contribution in [0, 0.1) is 0 Å². The van der Waals surface area contributed by atoms with Gasteiger partial charge in [0.25, 0.3) is 0 Å². The van der Waals surface area contributed by atoms with Gasteiger partial charge in [0.2, 0.25) is 5.91 Å². The molecule has 1 heterocycles. The van der Waals surface area contributed by atoms with Gasteiger partial charge in [0.05, 0.1) is 0 Å². The van der Waals surface area contributed by atoms with Gasteiger partial charge in [-0.25, -0.2) is 4.79 Å². The second-order valence-corrected chi connectivity index (χ2v) is 3.90. The van der Waals surface area contributed by atoms with Crippen LogP contribution in [0.4, 0.5) is 0 Å². The standard InChI is InChI=1S/C12H17N3O3/c1-9(16)15-11(12(17)18)8-14-7-4-10-2-5-13-6-3-10/h2-3,5-6,11,14H,4,7-8H2,1H3,(H,15,16)(H,17,18). The first-order chi connectivity index (χ1) is 8.59. The van der Waals surface area contributed by atoms with Crippen molar-refractivity contribution >= 4 is 11.9 Å². The van der Waals surface area contributed by atoms with Crippen molar-refractivity contribution in [2.24, 2.45) is 0 Å². The third-order valence-electron chi connectivity index (χ3n) is 2.36. The summed E-state index contributed by atoms with van der Waals surface area (Å²) in [7, 11) is 0. The summed E-state index contributed by atoms with van der Waals surface area (Å²) >= 11 is 0. The van der Waals surface area contributed by atoms with Crippen molar-refractivity contribution in [1.29, 1.82) is 0 Å². The van der Waals surface area contributed by atoms with Crippen LogP contribution in [-0.4, -0.2) is 41.1 Å². The maximum Gasteiger partial charge on any atom is 0.327 e. The SMILES string of the molecule is CC(=O)NC(CNCCc1ccncc1)C(=O)O.